The first-order valence-corrected chi connectivity index (χ1v) is 3.71. The van der Waals surface area contributed by atoms with E-state index in [4.69, 9.17) is 0 Å². The third-order valence-corrected chi connectivity index (χ3v) is 1.20. The molecule has 0 aliphatic rings. The van der Waals surface area contributed by atoms with Crippen molar-refractivity contribution in [1.29, 1.82) is 0 Å². The fraction of sp³-hybridized carbons (Fsp3) is 0.750. The molecular weight excluding hydrogens is 110 g/mol. The lowest BCUT2D eigenvalue weighted by Crippen LogP contribution is -2.06. The quantitative estimate of drug-likeness (QED) is 0.439. The monoisotopic (exact) mass is 127 g/mol. The maximum absolute atomic E-state index is 3.11. The Morgan fingerprint density at radius 1 is 1.33 bits per heavy atom. The van der Waals surface area contributed by atoms with Crippen LogP contribution in [0.5, 0.6) is 0 Å². The van der Waals surface area contributed by atoms with E-state index in [0.29, 0.717) is 0 Å². The van der Waals surface area contributed by atoms with Gasteiger partial charge in [-0.15, -0.1) is 0 Å². The van der Waals surface area contributed by atoms with Gasteiger partial charge in [-0.05, 0) is 32.9 Å². The number of hydrogen-bond donors (Lipinski definition) is 1. The van der Waals surface area contributed by atoms with Gasteiger partial charge in [-0.3, -0.25) is 0 Å². The van der Waals surface area contributed by atoms with Crippen LogP contribution < -0.4 is 5.32 Å². The molecule has 0 aliphatic carbocycles. The van der Waals surface area contributed by atoms with Gasteiger partial charge in [0.1, 0.15) is 0 Å². The summed E-state index contributed by atoms with van der Waals surface area (Å²) in [6.07, 6.45) is 8.11. The summed E-state index contributed by atoms with van der Waals surface area (Å²) < 4.78 is 0. The van der Waals surface area contributed by atoms with E-state index in [1.165, 1.54) is 19.3 Å². The largest absolute Gasteiger partial charge is 0.320 e. The summed E-state index contributed by atoms with van der Waals surface area (Å²) >= 11 is 0. The molecule has 0 aliphatic heterocycles. The molecule has 9 heavy (non-hydrogen) atoms. The maximum atomic E-state index is 3.11. The van der Waals surface area contributed by atoms with Crippen molar-refractivity contribution in [3.05, 3.63) is 12.2 Å². The van der Waals surface area contributed by atoms with Gasteiger partial charge in [0.2, 0.25) is 0 Å². The Bertz CT molecular complexity index is 67.0. The number of unbranched alkanes of at least 4 members (excludes halogenated alkanes) is 1. The van der Waals surface area contributed by atoms with Crippen molar-refractivity contribution in [2.24, 2.45) is 0 Å². The molecule has 0 aromatic rings. The first-order chi connectivity index (χ1) is 4.41. The predicted molar refractivity (Wildman–Crippen MR) is 42.6 cm³/mol. The van der Waals surface area contributed by atoms with Gasteiger partial charge in [-0.2, -0.15) is 0 Å². The third kappa shape index (κ3) is 7.70. The highest BCUT2D eigenvalue weighted by molar-refractivity contribution is 4.79. The van der Waals surface area contributed by atoms with Crippen molar-refractivity contribution in [3.63, 3.8) is 0 Å². The van der Waals surface area contributed by atoms with Crippen LogP contribution in [0, 0.1) is 0 Å². The van der Waals surface area contributed by atoms with Crippen LogP contribution in [0.25, 0.3) is 0 Å². The Balaban J connectivity index is 2.82. The molecule has 0 aromatic carbocycles. The fourth-order valence-electron chi connectivity index (χ4n) is 0.681. The second kappa shape index (κ2) is 7.70. The van der Waals surface area contributed by atoms with Crippen LogP contribution in [-0.4, -0.2) is 13.6 Å². The standard InChI is InChI=1S/C8H17N/c1-3-4-5-6-7-8-9-2/h4-5,9H,3,6-8H2,1-2H3/b5-4+. The van der Waals surface area contributed by atoms with Gasteiger partial charge in [0.15, 0.2) is 0 Å². The molecule has 0 heterocycles. The smallest absolute Gasteiger partial charge is 0.00490 e. The van der Waals surface area contributed by atoms with Crippen LogP contribution in [0.1, 0.15) is 26.2 Å². The number of rotatable bonds is 5. The van der Waals surface area contributed by atoms with Crippen LogP contribution >= 0.6 is 0 Å². The van der Waals surface area contributed by atoms with Crippen molar-refractivity contribution in [2.45, 2.75) is 26.2 Å². The van der Waals surface area contributed by atoms with E-state index < -0.39 is 0 Å². The number of nitrogens with one attached hydrogen (secondary N) is 1. The molecular formula is C8H17N. The van der Waals surface area contributed by atoms with E-state index in [1.54, 1.807) is 0 Å². The Kier molecular flexibility index (Phi) is 7.44. The van der Waals surface area contributed by atoms with E-state index in [0.717, 1.165) is 6.54 Å². The van der Waals surface area contributed by atoms with Crippen molar-refractivity contribution in [3.8, 4) is 0 Å². The molecule has 0 fully saturated rings. The van der Waals surface area contributed by atoms with Crippen LogP contribution in [0.3, 0.4) is 0 Å². The van der Waals surface area contributed by atoms with E-state index in [1.807, 2.05) is 7.05 Å². The van der Waals surface area contributed by atoms with Gasteiger partial charge in [0.05, 0.1) is 0 Å². The van der Waals surface area contributed by atoms with Crippen LogP contribution in [-0.2, 0) is 0 Å². The lowest BCUT2D eigenvalue weighted by Gasteiger charge is -1.92. The van der Waals surface area contributed by atoms with Crippen LogP contribution in [0.15, 0.2) is 12.2 Å². The Morgan fingerprint density at radius 2 is 2.11 bits per heavy atom. The predicted octanol–water partition coefficient (Wildman–Crippen LogP) is 1.95. The molecule has 0 rings (SSSR count). The number of hydrogen-bond acceptors (Lipinski definition) is 1. The Labute approximate surface area is 58.2 Å². The average Bonchev–Trinajstić information content (AvgIpc) is 1.89. The van der Waals surface area contributed by atoms with Gasteiger partial charge in [-0.25, -0.2) is 0 Å². The van der Waals surface area contributed by atoms with Crippen LogP contribution in [0.4, 0.5) is 0 Å². The molecule has 0 saturated heterocycles. The minimum absolute atomic E-state index is 1.13. The Morgan fingerprint density at radius 3 is 2.67 bits per heavy atom. The zero-order valence-electron chi connectivity index (χ0n) is 6.48. The molecule has 1 nitrogen and oxygen atoms in total. The summed E-state index contributed by atoms with van der Waals surface area (Å²) in [7, 11) is 1.99. The third-order valence-electron chi connectivity index (χ3n) is 1.20. The normalized spacial score (nSPS) is 10.9. The summed E-state index contributed by atoms with van der Waals surface area (Å²) in [5, 5.41) is 3.11. The van der Waals surface area contributed by atoms with Crippen molar-refractivity contribution >= 4 is 0 Å². The van der Waals surface area contributed by atoms with Crippen LogP contribution in [0.2, 0.25) is 0 Å². The van der Waals surface area contributed by atoms with Gasteiger partial charge >= 0.3 is 0 Å². The molecule has 0 bridgehead atoms. The van der Waals surface area contributed by atoms with E-state index in [-0.39, 0.29) is 0 Å². The minimum Gasteiger partial charge on any atom is -0.320 e. The highest BCUT2D eigenvalue weighted by Crippen LogP contribution is 1.89. The van der Waals surface area contributed by atoms with Gasteiger partial charge in [0.25, 0.3) is 0 Å². The molecule has 0 aromatic heterocycles. The fourth-order valence-corrected chi connectivity index (χ4v) is 0.681. The van der Waals surface area contributed by atoms with E-state index >= 15 is 0 Å². The number of allylic oxidation sites excluding steroid dienone is 2. The summed E-state index contributed by atoms with van der Waals surface area (Å²) in [6, 6.07) is 0. The molecule has 54 valence electrons. The molecule has 0 unspecified atom stereocenters. The van der Waals surface area contributed by atoms with E-state index in [2.05, 4.69) is 24.4 Å². The molecule has 0 saturated carbocycles. The molecule has 0 spiro atoms. The summed E-state index contributed by atoms with van der Waals surface area (Å²) in [6.45, 7) is 3.29. The Hall–Kier alpha value is -0.300. The lowest BCUT2D eigenvalue weighted by molar-refractivity contribution is 0.734. The highest BCUT2D eigenvalue weighted by atomic mass is 14.8. The molecule has 1 N–H and O–H groups in total. The topological polar surface area (TPSA) is 12.0 Å². The van der Waals surface area contributed by atoms with Gasteiger partial charge < -0.3 is 5.32 Å². The SMILES string of the molecule is CC/C=C/CCCNC. The minimum atomic E-state index is 1.13. The first-order valence-electron chi connectivity index (χ1n) is 3.71. The second-order valence-electron chi connectivity index (χ2n) is 2.13. The molecule has 0 amide bonds. The zero-order valence-corrected chi connectivity index (χ0v) is 6.48. The van der Waals surface area contributed by atoms with Crippen molar-refractivity contribution in [2.75, 3.05) is 13.6 Å². The average molecular weight is 127 g/mol. The molecule has 1 heteroatoms. The zero-order chi connectivity index (χ0) is 6.95. The summed E-state index contributed by atoms with van der Waals surface area (Å²) in [4.78, 5) is 0. The van der Waals surface area contributed by atoms with E-state index in [9.17, 15) is 0 Å². The summed E-state index contributed by atoms with van der Waals surface area (Å²) in [5.41, 5.74) is 0. The second-order valence-corrected chi connectivity index (χ2v) is 2.13. The van der Waals surface area contributed by atoms with Gasteiger partial charge in [0, 0.05) is 0 Å². The summed E-state index contributed by atoms with van der Waals surface area (Å²) in [5.74, 6) is 0. The first kappa shape index (κ1) is 8.70. The van der Waals surface area contributed by atoms with Crippen molar-refractivity contribution < 1.29 is 0 Å². The van der Waals surface area contributed by atoms with Crippen molar-refractivity contribution in [1.82, 2.24) is 5.32 Å². The lowest BCUT2D eigenvalue weighted by atomic mass is 10.3. The highest BCUT2D eigenvalue weighted by Gasteiger charge is 1.78. The maximum Gasteiger partial charge on any atom is -0.00490 e. The van der Waals surface area contributed by atoms with Gasteiger partial charge in [-0.1, -0.05) is 19.1 Å². The molecule has 0 atom stereocenters. The molecule has 0 radical (unpaired) electrons.